The molecule has 4 heterocycles. The van der Waals surface area contributed by atoms with Crippen molar-refractivity contribution in [3.05, 3.63) is 31.2 Å². The second-order valence-corrected chi connectivity index (χ2v) is 4.84. The molecule has 0 aliphatic carbocycles. The zero-order valence-corrected chi connectivity index (χ0v) is 11.3. The Kier molecular flexibility index (Phi) is 2.84. The number of nitrogens with one attached hydrogen (secondary N) is 1. The summed E-state index contributed by atoms with van der Waals surface area (Å²) in [6, 6.07) is 1.94. The molecule has 3 aromatic rings. The molecule has 1 fully saturated rings. The largest absolute Gasteiger partial charge is 0.353 e. The van der Waals surface area contributed by atoms with Crippen molar-refractivity contribution in [2.75, 3.05) is 36.0 Å². The molecule has 0 spiro atoms. The first kappa shape index (κ1) is 12.0. The van der Waals surface area contributed by atoms with Gasteiger partial charge in [-0.3, -0.25) is 0 Å². The lowest BCUT2D eigenvalue weighted by atomic mass is 10.3. The van der Waals surface area contributed by atoms with Gasteiger partial charge in [-0.2, -0.15) is 0 Å². The Hall–Kier alpha value is -2.77. The van der Waals surface area contributed by atoms with Gasteiger partial charge in [0.25, 0.3) is 0 Å². The normalized spacial score (nSPS) is 15.6. The van der Waals surface area contributed by atoms with Crippen molar-refractivity contribution < 1.29 is 0 Å². The lowest BCUT2D eigenvalue weighted by molar-refractivity contribution is 0.642. The Morgan fingerprint density at radius 2 is 1.76 bits per heavy atom. The molecule has 1 saturated heterocycles. The van der Waals surface area contributed by atoms with E-state index in [1.54, 1.807) is 25.2 Å². The maximum Gasteiger partial charge on any atom is 0.182 e. The average Bonchev–Trinajstić information content (AvgIpc) is 3.04. The van der Waals surface area contributed by atoms with Gasteiger partial charge in [-0.05, 0) is 6.07 Å². The van der Waals surface area contributed by atoms with Crippen LogP contribution in [0.2, 0.25) is 0 Å². The number of piperazine rings is 1. The number of hydrogen-bond donors (Lipinski definition) is 1. The van der Waals surface area contributed by atoms with Gasteiger partial charge in [-0.25, -0.2) is 24.9 Å². The van der Waals surface area contributed by atoms with E-state index < -0.39 is 0 Å². The molecule has 0 amide bonds. The summed E-state index contributed by atoms with van der Waals surface area (Å²) in [5.41, 5.74) is 1.60. The van der Waals surface area contributed by atoms with E-state index in [0.717, 1.165) is 43.3 Å². The molecule has 3 aromatic heterocycles. The van der Waals surface area contributed by atoms with E-state index in [1.165, 1.54) is 0 Å². The summed E-state index contributed by atoms with van der Waals surface area (Å²) < 4.78 is 0. The molecule has 0 unspecified atom stereocenters. The van der Waals surface area contributed by atoms with E-state index in [0.29, 0.717) is 5.65 Å². The van der Waals surface area contributed by atoms with Gasteiger partial charge >= 0.3 is 0 Å². The van der Waals surface area contributed by atoms with Gasteiger partial charge in [0.15, 0.2) is 11.5 Å². The molecule has 1 N–H and O–H groups in total. The monoisotopic (exact) mass is 282 g/mol. The van der Waals surface area contributed by atoms with Crippen LogP contribution in [0, 0.1) is 0 Å². The van der Waals surface area contributed by atoms with Crippen LogP contribution in [0.4, 0.5) is 11.6 Å². The smallest absolute Gasteiger partial charge is 0.182 e. The Morgan fingerprint density at radius 3 is 2.57 bits per heavy atom. The number of hydrogen-bond acceptors (Lipinski definition) is 7. The standard InChI is InChI=1S/C13H14N8/c1-2-14-7-15-10(1)20-3-5-21(6-4-20)13-11-12(17-8-16-11)18-9-19-13/h1-2,7-9H,3-6H2,(H,16,17,18,19). The van der Waals surface area contributed by atoms with Gasteiger partial charge < -0.3 is 14.8 Å². The first-order chi connectivity index (χ1) is 10.4. The summed E-state index contributed by atoms with van der Waals surface area (Å²) >= 11 is 0. The van der Waals surface area contributed by atoms with Crippen LogP contribution in [0.5, 0.6) is 0 Å². The number of fused-ring (bicyclic) bond motifs is 1. The van der Waals surface area contributed by atoms with Crippen molar-refractivity contribution in [1.29, 1.82) is 0 Å². The number of imidazole rings is 1. The first-order valence-corrected chi connectivity index (χ1v) is 6.82. The summed E-state index contributed by atoms with van der Waals surface area (Å²) in [6.45, 7) is 3.57. The molecule has 1 aliphatic heterocycles. The molecule has 8 nitrogen and oxygen atoms in total. The third-order valence-electron chi connectivity index (χ3n) is 3.67. The molecule has 4 rings (SSSR count). The molecule has 8 heteroatoms. The van der Waals surface area contributed by atoms with Gasteiger partial charge in [-0.15, -0.1) is 0 Å². The number of aromatic amines is 1. The number of anilines is 2. The minimum absolute atomic E-state index is 0.707. The maximum atomic E-state index is 4.40. The van der Waals surface area contributed by atoms with Gasteiger partial charge in [0, 0.05) is 32.4 Å². The lowest BCUT2D eigenvalue weighted by Gasteiger charge is -2.35. The quantitative estimate of drug-likeness (QED) is 0.731. The molecule has 1 aliphatic rings. The summed E-state index contributed by atoms with van der Waals surface area (Å²) in [5, 5.41) is 0. The predicted octanol–water partition coefficient (Wildman–Crippen LogP) is 0.469. The van der Waals surface area contributed by atoms with Crippen molar-refractivity contribution in [2.45, 2.75) is 0 Å². The highest BCUT2D eigenvalue weighted by Gasteiger charge is 2.21. The summed E-state index contributed by atoms with van der Waals surface area (Å²) in [7, 11) is 0. The van der Waals surface area contributed by atoms with E-state index in [1.807, 2.05) is 6.07 Å². The molecule has 0 saturated carbocycles. The van der Waals surface area contributed by atoms with Crippen molar-refractivity contribution in [2.24, 2.45) is 0 Å². The van der Waals surface area contributed by atoms with Gasteiger partial charge in [0.05, 0.1) is 6.33 Å². The van der Waals surface area contributed by atoms with Crippen LogP contribution in [0.1, 0.15) is 0 Å². The average molecular weight is 282 g/mol. The predicted molar refractivity (Wildman–Crippen MR) is 78.1 cm³/mol. The fraction of sp³-hybridized carbons (Fsp3) is 0.308. The number of nitrogens with zero attached hydrogens (tertiary/aromatic N) is 7. The second-order valence-electron chi connectivity index (χ2n) is 4.84. The van der Waals surface area contributed by atoms with Gasteiger partial charge in [0.2, 0.25) is 0 Å². The second kappa shape index (κ2) is 4.97. The highest BCUT2D eigenvalue weighted by atomic mass is 15.3. The Balaban J connectivity index is 1.54. The van der Waals surface area contributed by atoms with Crippen molar-refractivity contribution in [3.8, 4) is 0 Å². The maximum absolute atomic E-state index is 4.40. The first-order valence-electron chi connectivity index (χ1n) is 6.82. The fourth-order valence-electron chi connectivity index (χ4n) is 2.61. The molecule has 106 valence electrons. The zero-order chi connectivity index (χ0) is 14.1. The van der Waals surface area contributed by atoms with Crippen molar-refractivity contribution >= 4 is 22.8 Å². The van der Waals surface area contributed by atoms with Crippen LogP contribution in [0.25, 0.3) is 11.2 Å². The summed E-state index contributed by atoms with van der Waals surface area (Å²) in [5.74, 6) is 1.89. The Morgan fingerprint density at radius 1 is 0.905 bits per heavy atom. The molecule has 0 bridgehead atoms. The Labute approximate surface area is 120 Å². The van der Waals surface area contributed by atoms with Crippen LogP contribution < -0.4 is 9.80 Å². The van der Waals surface area contributed by atoms with Crippen LogP contribution >= 0.6 is 0 Å². The minimum atomic E-state index is 0.707. The third kappa shape index (κ3) is 2.14. The zero-order valence-electron chi connectivity index (χ0n) is 11.3. The lowest BCUT2D eigenvalue weighted by Crippen LogP contribution is -2.47. The van der Waals surface area contributed by atoms with Crippen molar-refractivity contribution in [3.63, 3.8) is 0 Å². The molecular formula is C13H14N8. The number of aromatic nitrogens is 6. The number of rotatable bonds is 2. The van der Waals surface area contributed by atoms with Gasteiger partial charge in [-0.1, -0.05) is 0 Å². The SMILES string of the molecule is c1cc(N2CCN(c3ncnc4nc[nH]c34)CC2)ncn1. The molecule has 0 aromatic carbocycles. The van der Waals surface area contributed by atoms with Crippen LogP contribution in [0.15, 0.2) is 31.2 Å². The molecular weight excluding hydrogens is 268 g/mol. The molecule has 0 radical (unpaired) electrons. The molecule has 0 atom stereocenters. The highest BCUT2D eigenvalue weighted by Crippen LogP contribution is 2.22. The van der Waals surface area contributed by atoms with E-state index in [9.17, 15) is 0 Å². The van der Waals surface area contributed by atoms with Crippen molar-refractivity contribution in [1.82, 2.24) is 29.9 Å². The highest BCUT2D eigenvalue weighted by molar-refractivity contribution is 5.82. The summed E-state index contributed by atoms with van der Waals surface area (Å²) in [4.78, 5) is 28.6. The van der Waals surface area contributed by atoms with Gasteiger partial charge in [0.1, 0.15) is 24.0 Å². The van der Waals surface area contributed by atoms with E-state index in [-0.39, 0.29) is 0 Å². The Bertz CT molecular complexity index is 732. The van der Waals surface area contributed by atoms with Crippen LogP contribution in [-0.2, 0) is 0 Å². The van der Waals surface area contributed by atoms with E-state index >= 15 is 0 Å². The molecule has 21 heavy (non-hydrogen) atoms. The topological polar surface area (TPSA) is 86.7 Å². The third-order valence-corrected chi connectivity index (χ3v) is 3.67. The number of H-pyrrole nitrogens is 1. The van der Waals surface area contributed by atoms with Crippen LogP contribution in [0.3, 0.4) is 0 Å². The minimum Gasteiger partial charge on any atom is -0.353 e. The fourth-order valence-corrected chi connectivity index (χ4v) is 2.61. The van der Waals surface area contributed by atoms with E-state index in [2.05, 4.69) is 39.7 Å². The van der Waals surface area contributed by atoms with E-state index in [4.69, 9.17) is 0 Å². The summed E-state index contributed by atoms with van der Waals surface area (Å²) in [6.07, 6.45) is 6.57. The van der Waals surface area contributed by atoms with Crippen LogP contribution in [-0.4, -0.2) is 56.1 Å².